The van der Waals surface area contributed by atoms with Crippen LogP contribution in [0.4, 0.5) is 0 Å². The van der Waals surface area contributed by atoms with Gasteiger partial charge in [-0.3, -0.25) is 4.79 Å². The van der Waals surface area contributed by atoms with Gasteiger partial charge in [-0.2, -0.15) is 4.31 Å². The van der Waals surface area contributed by atoms with Gasteiger partial charge in [0.1, 0.15) is 23.8 Å². The molecule has 2 aromatic rings. The molecule has 0 aliphatic carbocycles. The van der Waals surface area contributed by atoms with Gasteiger partial charge in [0, 0.05) is 19.2 Å². The van der Waals surface area contributed by atoms with E-state index in [4.69, 9.17) is 14.0 Å². The normalized spacial score (nSPS) is 18.2. The largest absolute Gasteiger partial charge is 0.497 e. The number of piperidine rings is 1. The molecule has 8 nitrogen and oxygen atoms in total. The first kappa shape index (κ1) is 19.4. The summed E-state index contributed by atoms with van der Waals surface area (Å²) >= 11 is 0. The molecular weight excluding hydrogens is 372 g/mol. The van der Waals surface area contributed by atoms with E-state index in [1.807, 2.05) is 0 Å². The lowest BCUT2D eigenvalue weighted by atomic mass is 10.00. The summed E-state index contributed by atoms with van der Waals surface area (Å²) < 4.78 is 42.3. The average Bonchev–Trinajstić information content (AvgIpc) is 3.11. The number of hydrogen-bond donors (Lipinski definition) is 0. The molecule has 146 valence electrons. The van der Waals surface area contributed by atoms with Crippen LogP contribution in [0.15, 0.2) is 39.8 Å². The molecule has 0 saturated carbocycles. The zero-order valence-corrected chi connectivity index (χ0v) is 16.1. The van der Waals surface area contributed by atoms with Gasteiger partial charge in [0.2, 0.25) is 10.0 Å². The van der Waals surface area contributed by atoms with Crippen molar-refractivity contribution in [2.45, 2.75) is 31.3 Å². The number of aryl methyl sites for hydroxylation is 1. The Morgan fingerprint density at radius 3 is 2.70 bits per heavy atom. The zero-order valence-electron chi connectivity index (χ0n) is 15.3. The van der Waals surface area contributed by atoms with Gasteiger partial charge in [-0.25, -0.2) is 8.42 Å². The first-order valence-electron chi connectivity index (χ1n) is 8.63. The number of ether oxygens (including phenoxy) is 2. The smallest absolute Gasteiger partial charge is 0.310 e. The minimum atomic E-state index is -3.67. The maximum atomic E-state index is 12.8. The van der Waals surface area contributed by atoms with Gasteiger partial charge >= 0.3 is 5.97 Å². The fourth-order valence-corrected chi connectivity index (χ4v) is 4.52. The molecule has 1 aromatic heterocycles. The quantitative estimate of drug-likeness (QED) is 0.692. The highest BCUT2D eigenvalue weighted by molar-refractivity contribution is 7.89. The fraction of sp³-hybridized carbons (Fsp3) is 0.444. The van der Waals surface area contributed by atoms with Crippen LogP contribution in [0.1, 0.15) is 24.3 Å². The van der Waals surface area contributed by atoms with E-state index in [0.717, 1.165) is 0 Å². The van der Waals surface area contributed by atoms with Crippen LogP contribution in [0.5, 0.6) is 5.75 Å². The molecule has 1 aliphatic heterocycles. The van der Waals surface area contributed by atoms with Gasteiger partial charge in [0.15, 0.2) is 0 Å². The Labute approximate surface area is 158 Å². The lowest BCUT2D eigenvalue weighted by Gasteiger charge is -2.30. The van der Waals surface area contributed by atoms with Crippen LogP contribution in [0.25, 0.3) is 0 Å². The van der Waals surface area contributed by atoms with Crippen molar-refractivity contribution in [3.8, 4) is 5.75 Å². The molecule has 0 amide bonds. The zero-order chi connectivity index (χ0) is 19.4. The summed E-state index contributed by atoms with van der Waals surface area (Å²) in [6.07, 6.45) is 1.18. The summed E-state index contributed by atoms with van der Waals surface area (Å²) in [5, 5.41) is 3.77. The van der Waals surface area contributed by atoms with E-state index in [0.29, 0.717) is 36.6 Å². The van der Waals surface area contributed by atoms with Crippen LogP contribution < -0.4 is 4.74 Å². The Morgan fingerprint density at radius 1 is 1.33 bits per heavy atom. The number of esters is 1. The molecule has 0 spiro atoms. The summed E-state index contributed by atoms with van der Waals surface area (Å²) in [6.45, 7) is 2.24. The number of hydrogen-bond acceptors (Lipinski definition) is 7. The number of methoxy groups -OCH3 is 1. The van der Waals surface area contributed by atoms with Gasteiger partial charge in [0.05, 0.1) is 17.9 Å². The molecule has 0 radical (unpaired) electrons. The summed E-state index contributed by atoms with van der Waals surface area (Å²) in [5.74, 6) is 0.290. The second-order valence-corrected chi connectivity index (χ2v) is 8.35. The second kappa shape index (κ2) is 8.10. The highest BCUT2D eigenvalue weighted by Gasteiger charge is 2.34. The van der Waals surface area contributed by atoms with E-state index < -0.39 is 21.9 Å². The molecule has 1 fully saturated rings. The molecular formula is C18H22N2O6S. The van der Waals surface area contributed by atoms with Crippen LogP contribution >= 0.6 is 0 Å². The molecule has 1 unspecified atom stereocenters. The highest BCUT2D eigenvalue weighted by Crippen LogP contribution is 2.26. The minimum Gasteiger partial charge on any atom is -0.497 e. The molecule has 27 heavy (non-hydrogen) atoms. The van der Waals surface area contributed by atoms with E-state index in [1.54, 1.807) is 25.1 Å². The third-order valence-corrected chi connectivity index (χ3v) is 6.33. The highest BCUT2D eigenvalue weighted by atomic mass is 32.2. The van der Waals surface area contributed by atoms with Crippen molar-refractivity contribution in [2.75, 3.05) is 20.2 Å². The van der Waals surface area contributed by atoms with Crippen molar-refractivity contribution >= 4 is 16.0 Å². The van der Waals surface area contributed by atoms with Crippen molar-refractivity contribution in [1.82, 2.24) is 9.46 Å². The van der Waals surface area contributed by atoms with E-state index in [9.17, 15) is 13.2 Å². The Bertz CT molecular complexity index is 891. The lowest BCUT2D eigenvalue weighted by Crippen LogP contribution is -2.42. The summed E-state index contributed by atoms with van der Waals surface area (Å²) in [4.78, 5) is 12.5. The Morgan fingerprint density at radius 2 is 2.07 bits per heavy atom. The Balaban J connectivity index is 1.64. The van der Waals surface area contributed by atoms with E-state index in [2.05, 4.69) is 5.16 Å². The molecule has 0 N–H and O–H groups in total. The van der Waals surface area contributed by atoms with Gasteiger partial charge in [-0.1, -0.05) is 5.16 Å². The third kappa shape index (κ3) is 4.48. The average molecular weight is 394 g/mol. The van der Waals surface area contributed by atoms with Crippen LogP contribution in [0.2, 0.25) is 0 Å². The number of carbonyl (C=O) groups excluding carboxylic acids is 1. The number of nitrogens with zero attached hydrogens (tertiary/aromatic N) is 2. The first-order valence-corrected chi connectivity index (χ1v) is 10.1. The summed E-state index contributed by atoms with van der Waals surface area (Å²) in [5.41, 5.74) is 0.527. The molecule has 1 aliphatic rings. The molecule has 0 bridgehead atoms. The molecule has 2 heterocycles. The van der Waals surface area contributed by atoms with Crippen molar-refractivity contribution in [2.24, 2.45) is 5.92 Å². The maximum absolute atomic E-state index is 12.8. The molecule has 3 rings (SSSR count). The number of sulfonamides is 1. The molecule has 1 saturated heterocycles. The first-order chi connectivity index (χ1) is 12.9. The van der Waals surface area contributed by atoms with Crippen molar-refractivity contribution < 1.29 is 27.2 Å². The van der Waals surface area contributed by atoms with Gasteiger partial charge in [0.25, 0.3) is 0 Å². The third-order valence-electron chi connectivity index (χ3n) is 4.45. The number of benzene rings is 1. The van der Waals surface area contributed by atoms with E-state index in [-0.39, 0.29) is 18.0 Å². The van der Waals surface area contributed by atoms with Gasteiger partial charge in [-0.15, -0.1) is 0 Å². The maximum Gasteiger partial charge on any atom is 0.310 e. The molecule has 9 heteroatoms. The summed E-state index contributed by atoms with van der Waals surface area (Å²) in [6, 6.07) is 7.89. The standard InChI is InChI=1S/C18H22N2O6S/c1-13-10-15(19-26-13)12-25-18(21)14-4-3-9-20(11-14)27(22,23)17-7-5-16(24-2)6-8-17/h5-8,10,14H,3-4,9,11-12H2,1-2H3. The van der Waals surface area contributed by atoms with Crippen molar-refractivity contribution in [3.05, 3.63) is 41.8 Å². The van der Waals surface area contributed by atoms with Crippen molar-refractivity contribution in [3.63, 3.8) is 0 Å². The number of aromatic nitrogens is 1. The van der Waals surface area contributed by atoms with Gasteiger partial charge in [-0.05, 0) is 44.0 Å². The van der Waals surface area contributed by atoms with Gasteiger partial charge < -0.3 is 14.0 Å². The Kier molecular flexibility index (Phi) is 5.81. The molecule has 1 atom stereocenters. The van der Waals surface area contributed by atoms with Crippen LogP contribution in [0, 0.1) is 12.8 Å². The lowest BCUT2D eigenvalue weighted by molar-refractivity contribution is -0.151. The van der Waals surface area contributed by atoms with Crippen molar-refractivity contribution in [1.29, 1.82) is 0 Å². The predicted molar refractivity (Wildman–Crippen MR) is 95.5 cm³/mol. The second-order valence-electron chi connectivity index (χ2n) is 6.41. The number of carbonyl (C=O) groups is 1. The minimum absolute atomic E-state index is 0.0118. The van der Waals surface area contributed by atoms with Crippen LogP contribution in [-0.2, 0) is 26.2 Å². The topological polar surface area (TPSA) is 98.9 Å². The van der Waals surface area contributed by atoms with Crippen LogP contribution in [0.3, 0.4) is 0 Å². The van der Waals surface area contributed by atoms with E-state index in [1.165, 1.54) is 23.5 Å². The monoisotopic (exact) mass is 394 g/mol. The SMILES string of the molecule is COc1ccc(S(=O)(=O)N2CCCC(C(=O)OCc3cc(C)on3)C2)cc1. The van der Waals surface area contributed by atoms with Crippen LogP contribution in [-0.4, -0.2) is 44.0 Å². The fourth-order valence-electron chi connectivity index (χ4n) is 3.00. The number of rotatable bonds is 6. The molecule has 1 aromatic carbocycles. The summed E-state index contributed by atoms with van der Waals surface area (Å²) in [7, 11) is -2.16. The predicted octanol–water partition coefficient (Wildman–Crippen LogP) is 2.14. The Hall–Kier alpha value is -2.39. The van der Waals surface area contributed by atoms with E-state index >= 15 is 0 Å².